The van der Waals surface area contributed by atoms with Gasteiger partial charge in [-0.1, -0.05) is 43.3 Å². The van der Waals surface area contributed by atoms with Gasteiger partial charge in [0, 0.05) is 6.54 Å². The molecule has 6 heteroatoms. The lowest BCUT2D eigenvalue weighted by Gasteiger charge is -2.31. The van der Waals surface area contributed by atoms with E-state index in [0.29, 0.717) is 23.9 Å². The van der Waals surface area contributed by atoms with Gasteiger partial charge in [0.2, 0.25) is 5.91 Å². The molecule has 0 bridgehead atoms. The van der Waals surface area contributed by atoms with Crippen molar-refractivity contribution in [1.82, 2.24) is 14.5 Å². The molecule has 6 nitrogen and oxygen atoms in total. The fourth-order valence-electron chi connectivity index (χ4n) is 3.30. The highest BCUT2D eigenvalue weighted by Gasteiger charge is 2.23. The lowest BCUT2D eigenvalue weighted by molar-refractivity contribution is -0.136. The SMILES string of the molecule is CCC(CO)N(Cc1ccccc1C)C(=O)Cn1cnc2ccccc2c1=O. The number of carbonyl (C=O) groups is 1. The van der Waals surface area contributed by atoms with Gasteiger partial charge >= 0.3 is 0 Å². The number of amides is 1. The molecule has 0 aliphatic rings. The standard InChI is InChI=1S/C22H25N3O3/c1-3-18(14-26)25(12-17-9-5-4-8-16(17)2)21(27)13-24-15-23-20-11-7-6-10-19(20)22(24)28/h4-11,15,18,26H,3,12-14H2,1-2H3. The predicted octanol–water partition coefficient (Wildman–Crippen LogP) is 2.50. The van der Waals surface area contributed by atoms with E-state index in [1.807, 2.05) is 44.2 Å². The van der Waals surface area contributed by atoms with Crippen molar-refractivity contribution in [2.24, 2.45) is 0 Å². The number of aliphatic hydroxyl groups excluding tert-OH is 1. The zero-order chi connectivity index (χ0) is 20.1. The van der Waals surface area contributed by atoms with Crippen LogP contribution in [-0.4, -0.2) is 38.1 Å². The van der Waals surface area contributed by atoms with E-state index in [4.69, 9.17) is 0 Å². The second kappa shape index (κ2) is 8.80. The molecular weight excluding hydrogens is 354 g/mol. The summed E-state index contributed by atoms with van der Waals surface area (Å²) in [7, 11) is 0. The maximum atomic E-state index is 13.1. The van der Waals surface area contributed by atoms with Crippen LogP contribution in [0.3, 0.4) is 0 Å². The van der Waals surface area contributed by atoms with Gasteiger partial charge in [0.05, 0.1) is 29.9 Å². The summed E-state index contributed by atoms with van der Waals surface area (Å²) in [5, 5.41) is 10.3. The highest BCUT2D eigenvalue weighted by atomic mass is 16.3. The maximum Gasteiger partial charge on any atom is 0.261 e. The van der Waals surface area contributed by atoms with Gasteiger partial charge in [-0.2, -0.15) is 0 Å². The fraction of sp³-hybridized carbons (Fsp3) is 0.318. The Bertz CT molecular complexity index is 1020. The highest BCUT2D eigenvalue weighted by Crippen LogP contribution is 2.15. The molecule has 1 amide bonds. The monoisotopic (exact) mass is 379 g/mol. The number of rotatable bonds is 7. The van der Waals surface area contributed by atoms with Crippen molar-refractivity contribution in [3.05, 3.63) is 76.3 Å². The minimum Gasteiger partial charge on any atom is -0.394 e. The van der Waals surface area contributed by atoms with Crippen molar-refractivity contribution >= 4 is 16.8 Å². The summed E-state index contributed by atoms with van der Waals surface area (Å²) >= 11 is 0. The Hall–Kier alpha value is -2.99. The average Bonchev–Trinajstić information content (AvgIpc) is 2.71. The lowest BCUT2D eigenvalue weighted by atomic mass is 10.1. The number of hydrogen-bond donors (Lipinski definition) is 1. The highest BCUT2D eigenvalue weighted by molar-refractivity contribution is 5.79. The fourth-order valence-corrected chi connectivity index (χ4v) is 3.30. The first-order valence-corrected chi connectivity index (χ1v) is 9.44. The molecule has 1 N–H and O–H groups in total. The van der Waals surface area contributed by atoms with Gasteiger partial charge < -0.3 is 10.0 Å². The molecule has 0 saturated heterocycles. The van der Waals surface area contributed by atoms with Crippen molar-refractivity contribution in [3.8, 4) is 0 Å². The molecule has 28 heavy (non-hydrogen) atoms. The lowest BCUT2D eigenvalue weighted by Crippen LogP contribution is -2.44. The van der Waals surface area contributed by atoms with Crippen LogP contribution in [0.1, 0.15) is 24.5 Å². The van der Waals surface area contributed by atoms with Gasteiger partial charge in [0.1, 0.15) is 6.54 Å². The van der Waals surface area contributed by atoms with Crippen molar-refractivity contribution in [3.63, 3.8) is 0 Å². The Labute approximate surface area is 164 Å². The van der Waals surface area contributed by atoms with Gasteiger partial charge in [0.25, 0.3) is 5.56 Å². The molecule has 0 aliphatic heterocycles. The summed E-state index contributed by atoms with van der Waals surface area (Å²) in [6.07, 6.45) is 2.04. The Morgan fingerprint density at radius 3 is 2.61 bits per heavy atom. The normalized spacial score (nSPS) is 12.1. The number of fused-ring (bicyclic) bond motifs is 1. The summed E-state index contributed by atoms with van der Waals surface area (Å²) in [5.41, 5.74) is 2.46. The molecule has 0 spiro atoms. The average molecular weight is 379 g/mol. The van der Waals surface area contributed by atoms with Crippen LogP contribution in [0.2, 0.25) is 0 Å². The molecule has 3 rings (SSSR count). The number of para-hydroxylation sites is 1. The van der Waals surface area contributed by atoms with E-state index < -0.39 is 0 Å². The van der Waals surface area contributed by atoms with Gasteiger partial charge in [-0.05, 0) is 36.6 Å². The Morgan fingerprint density at radius 2 is 1.89 bits per heavy atom. The maximum absolute atomic E-state index is 13.1. The van der Waals surface area contributed by atoms with E-state index in [2.05, 4.69) is 4.98 Å². The molecule has 0 radical (unpaired) electrons. The van der Waals surface area contributed by atoms with E-state index >= 15 is 0 Å². The topological polar surface area (TPSA) is 75.4 Å². The van der Waals surface area contributed by atoms with Crippen LogP contribution in [0.5, 0.6) is 0 Å². The molecule has 1 unspecified atom stereocenters. The Morgan fingerprint density at radius 1 is 1.18 bits per heavy atom. The zero-order valence-electron chi connectivity index (χ0n) is 16.2. The molecule has 0 aliphatic carbocycles. The molecule has 146 valence electrons. The smallest absolute Gasteiger partial charge is 0.261 e. The van der Waals surface area contributed by atoms with Crippen LogP contribution in [-0.2, 0) is 17.9 Å². The summed E-state index contributed by atoms with van der Waals surface area (Å²) in [6, 6.07) is 14.6. The quantitative estimate of drug-likeness (QED) is 0.684. The summed E-state index contributed by atoms with van der Waals surface area (Å²) in [6.45, 7) is 4.08. The first kappa shape index (κ1) is 19.8. The largest absolute Gasteiger partial charge is 0.394 e. The number of carbonyl (C=O) groups excluding carboxylic acids is 1. The first-order chi connectivity index (χ1) is 13.5. The third-order valence-corrected chi connectivity index (χ3v) is 5.08. The number of aryl methyl sites for hydroxylation is 1. The van der Waals surface area contributed by atoms with E-state index in [1.165, 1.54) is 10.9 Å². The number of aliphatic hydroxyl groups is 1. The third kappa shape index (κ3) is 4.12. The zero-order valence-corrected chi connectivity index (χ0v) is 16.2. The predicted molar refractivity (Wildman–Crippen MR) is 109 cm³/mol. The summed E-state index contributed by atoms with van der Waals surface area (Å²) in [5.74, 6) is -0.219. The minimum absolute atomic E-state index is 0.112. The number of hydrogen-bond acceptors (Lipinski definition) is 4. The number of aromatic nitrogens is 2. The second-order valence-electron chi connectivity index (χ2n) is 6.89. The van der Waals surface area contributed by atoms with Crippen molar-refractivity contribution < 1.29 is 9.90 Å². The molecule has 1 atom stereocenters. The van der Waals surface area contributed by atoms with Crippen LogP contribution < -0.4 is 5.56 Å². The van der Waals surface area contributed by atoms with E-state index in [1.54, 1.807) is 23.1 Å². The summed E-state index contributed by atoms with van der Waals surface area (Å²) in [4.78, 5) is 31.8. The molecule has 1 heterocycles. The second-order valence-corrected chi connectivity index (χ2v) is 6.89. The van der Waals surface area contributed by atoms with Gasteiger partial charge in [-0.3, -0.25) is 14.2 Å². The van der Waals surface area contributed by atoms with Crippen molar-refractivity contribution in [1.29, 1.82) is 0 Å². The van der Waals surface area contributed by atoms with E-state index in [0.717, 1.165) is 11.1 Å². The molecular formula is C22H25N3O3. The van der Waals surface area contributed by atoms with Gasteiger partial charge in [-0.15, -0.1) is 0 Å². The van der Waals surface area contributed by atoms with E-state index in [9.17, 15) is 14.7 Å². The Kier molecular flexibility index (Phi) is 6.21. The molecule has 0 fully saturated rings. The Balaban J connectivity index is 1.90. The van der Waals surface area contributed by atoms with Crippen LogP contribution >= 0.6 is 0 Å². The molecule has 0 saturated carbocycles. The van der Waals surface area contributed by atoms with Crippen LogP contribution in [0.25, 0.3) is 10.9 Å². The van der Waals surface area contributed by atoms with Crippen LogP contribution in [0.15, 0.2) is 59.7 Å². The number of benzene rings is 2. The van der Waals surface area contributed by atoms with Crippen molar-refractivity contribution in [2.45, 2.75) is 39.4 Å². The molecule has 1 aromatic heterocycles. The van der Waals surface area contributed by atoms with E-state index in [-0.39, 0.29) is 30.7 Å². The first-order valence-electron chi connectivity index (χ1n) is 9.44. The van der Waals surface area contributed by atoms with Crippen LogP contribution in [0.4, 0.5) is 0 Å². The van der Waals surface area contributed by atoms with Crippen LogP contribution in [0, 0.1) is 6.92 Å². The molecule has 2 aromatic carbocycles. The number of nitrogens with zero attached hydrogens (tertiary/aromatic N) is 3. The molecule has 3 aromatic rings. The third-order valence-electron chi connectivity index (χ3n) is 5.08. The minimum atomic E-state index is -0.309. The summed E-state index contributed by atoms with van der Waals surface area (Å²) < 4.78 is 1.33. The van der Waals surface area contributed by atoms with Crippen molar-refractivity contribution in [2.75, 3.05) is 6.61 Å². The van der Waals surface area contributed by atoms with Gasteiger partial charge in [0.15, 0.2) is 0 Å². The van der Waals surface area contributed by atoms with Gasteiger partial charge in [-0.25, -0.2) is 4.98 Å².